The van der Waals surface area contributed by atoms with Crippen molar-refractivity contribution in [3.8, 4) is 0 Å². The minimum absolute atomic E-state index is 0. The number of amides is 1. The molecule has 1 amide bonds. The number of sulfonamides is 1. The van der Waals surface area contributed by atoms with Crippen LogP contribution in [0.4, 0.5) is 5.69 Å². The van der Waals surface area contributed by atoms with Crippen molar-refractivity contribution in [3.63, 3.8) is 0 Å². The van der Waals surface area contributed by atoms with E-state index in [1.54, 1.807) is 24.3 Å². The molecule has 160 valence electrons. The molecule has 0 unspecified atom stereocenters. The van der Waals surface area contributed by atoms with Crippen LogP contribution in [0.3, 0.4) is 0 Å². The molecule has 0 aromatic heterocycles. The summed E-state index contributed by atoms with van der Waals surface area (Å²) in [5, 5.41) is 5.91. The molecule has 1 saturated carbocycles. The van der Waals surface area contributed by atoms with Gasteiger partial charge in [0, 0.05) is 25.3 Å². The normalized spacial score (nSPS) is 18.5. The van der Waals surface area contributed by atoms with Crippen molar-refractivity contribution in [1.82, 2.24) is 14.5 Å². The fourth-order valence-corrected chi connectivity index (χ4v) is 4.58. The van der Waals surface area contributed by atoms with Gasteiger partial charge in [0.05, 0.1) is 11.4 Å². The van der Waals surface area contributed by atoms with Crippen LogP contribution in [0.25, 0.3) is 0 Å². The minimum Gasteiger partial charge on any atom is -0.325 e. The Kier molecular flexibility index (Phi) is 10.2. The van der Waals surface area contributed by atoms with E-state index < -0.39 is 10.0 Å². The van der Waals surface area contributed by atoms with Gasteiger partial charge in [0.2, 0.25) is 15.9 Å². The number of carbonyl (C=O) groups excluding carboxylic acids is 1. The van der Waals surface area contributed by atoms with E-state index in [9.17, 15) is 13.2 Å². The van der Waals surface area contributed by atoms with Crippen molar-refractivity contribution in [2.75, 3.05) is 51.6 Å². The predicted octanol–water partition coefficient (Wildman–Crippen LogP) is 1.79. The zero-order valence-electron chi connectivity index (χ0n) is 16.1. The van der Waals surface area contributed by atoms with Gasteiger partial charge in [-0.05, 0) is 63.5 Å². The molecule has 10 heteroatoms. The van der Waals surface area contributed by atoms with Crippen LogP contribution in [-0.2, 0) is 14.8 Å². The molecule has 0 atom stereocenters. The lowest BCUT2D eigenvalue weighted by Crippen LogP contribution is -2.34. The smallest absolute Gasteiger partial charge is 0.243 e. The zero-order chi connectivity index (χ0) is 18.6. The lowest BCUT2D eigenvalue weighted by Gasteiger charge is -2.20. The molecule has 1 saturated heterocycles. The zero-order valence-corrected chi connectivity index (χ0v) is 18.5. The molecule has 3 rings (SSSR count). The maximum absolute atomic E-state index is 12.9. The maximum Gasteiger partial charge on any atom is 0.243 e. The number of hydrogen-bond acceptors (Lipinski definition) is 5. The standard InChI is InChI=1S/C18H28N4O3S.2ClH/c1-21-8-3-9-22(11-10-21)26(24,25)17-5-2-4-16(12-17)20-18(23)14-19-13-15-6-7-15;;/h2,4-5,12,15,19H,3,6-11,13-14H2,1H3,(H,20,23);2*1H. The van der Waals surface area contributed by atoms with Crippen molar-refractivity contribution in [1.29, 1.82) is 0 Å². The highest BCUT2D eigenvalue weighted by Gasteiger charge is 2.26. The maximum atomic E-state index is 12.9. The van der Waals surface area contributed by atoms with E-state index in [4.69, 9.17) is 0 Å². The molecule has 2 N–H and O–H groups in total. The summed E-state index contributed by atoms with van der Waals surface area (Å²) in [4.78, 5) is 14.4. The van der Waals surface area contributed by atoms with Crippen molar-refractivity contribution in [3.05, 3.63) is 24.3 Å². The second kappa shape index (κ2) is 11.3. The van der Waals surface area contributed by atoms with E-state index in [-0.39, 0.29) is 42.2 Å². The third-order valence-electron chi connectivity index (χ3n) is 4.85. The van der Waals surface area contributed by atoms with Crippen molar-refractivity contribution >= 4 is 46.4 Å². The predicted molar refractivity (Wildman–Crippen MR) is 116 cm³/mol. The Hall–Kier alpha value is -0.900. The first-order chi connectivity index (χ1) is 12.4. The number of nitrogens with one attached hydrogen (secondary N) is 2. The van der Waals surface area contributed by atoms with Gasteiger partial charge in [-0.15, -0.1) is 24.8 Å². The van der Waals surface area contributed by atoms with Crippen LogP contribution in [0.5, 0.6) is 0 Å². The molecule has 2 fully saturated rings. The number of benzene rings is 1. The number of halogens is 2. The van der Waals surface area contributed by atoms with Gasteiger partial charge in [-0.3, -0.25) is 4.79 Å². The number of rotatable bonds is 7. The average molecular weight is 453 g/mol. The van der Waals surface area contributed by atoms with Crippen LogP contribution in [0.2, 0.25) is 0 Å². The summed E-state index contributed by atoms with van der Waals surface area (Å²) in [5.41, 5.74) is 0.510. The number of hydrogen-bond donors (Lipinski definition) is 2. The van der Waals surface area contributed by atoms with Gasteiger partial charge in [-0.25, -0.2) is 8.42 Å². The van der Waals surface area contributed by atoms with Gasteiger partial charge >= 0.3 is 0 Å². The van der Waals surface area contributed by atoms with Crippen LogP contribution in [0.1, 0.15) is 19.3 Å². The lowest BCUT2D eigenvalue weighted by atomic mass is 10.3. The van der Waals surface area contributed by atoms with E-state index in [0.717, 1.165) is 26.1 Å². The molecule has 1 aliphatic carbocycles. The SMILES string of the molecule is CN1CCCN(S(=O)(=O)c2cccc(NC(=O)CNCC3CC3)c2)CC1.Cl.Cl. The Morgan fingerprint density at radius 3 is 2.61 bits per heavy atom. The summed E-state index contributed by atoms with van der Waals surface area (Å²) < 4.78 is 27.4. The molecule has 0 spiro atoms. The van der Waals surface area contributed by atoms with Gasteiger partial charge in [-0.1, -0.05) is 6.07 Å². The summed E-state index contributed by atoms with van der Waals surface area (Å²) in [7, 11) is -1.54. The van der Waals surface area contributed by atoms with Crippen LogP contribution >= 0.6 is 24.8 Å². The first-order valence-corrected chi connectivity index (χ1v) is 10.7. The van der Waals surface area contributed by atoms with Gasteiger partial charge in [0.15, 0.2) is 0 Å². The molecule has 0 bridgehead atoms. The highest BCUT2D eigenvalue weighted by atomic mass is 35.5. The summed E-state index contributed by atoms with van der Waals surface area (Å²) in [6.45, 7) is 3.74. The topological polar surface area (TPSA) is 81.8 Å². The Bertz CT molecular complexity index is 744. The molecule has 1 aromatic rings. The fourth-order valence-electron chi connectivity index (χ4n) is 3.06. The molecular formula is C18H30Cl2N4O3S. The monoisotopic (exact) mass is 452 g/mol. The highest BCUT2D eigenvalue weighted by Crippen LogP contribution is 2.27. The van der Waals surface area contributed by atoms with Gasteiger partial charge in [-0.2, -0.15) is 4.31 Å². The summed E-state index contributed by atoms with van der Waals surface area (Å²) in [5.74, 6) is 0.556. The molecule has 2 aliphatic rings. The van der Waals surface area contributed by atoms with E-state index in [1.165, 1.54) is 17.1 Å². The lowest BCUT2D eigenvalue weighted by molar-refractivity contribution is -0.115. The number of carbonyl (C=O) groups is 1. The van der Waals surface area contributed by atoms with Gasteiger partial charge in [0.1, 0.15) is 0 Å². The Labute approximate surface area is 180 Å². The summed E-state index contributed by atoms with van der Waals surface area (Å²) >= 11 is 0. The number of anilines is 1. The minimum atomic E-state index is -3.55. The Morgan fingerprint density at radius 2 is 1.89 bits per heavy atom. The molecule has 1 heterocycles. The largest absolute Gasteiger partial charge is 0.325 e. The summed E-state index contributed by atoms with van der Waals surface area (Å²) in [6, 6.07) is 6.52. The van der Waals surface area contributed by atoms with Crippen molar-refractivity contribution in [2.45, 2.75) is 24.2 Å². The van der Waals surface area contributed by atoms with E-state index in [0.29, 0.717) is 24.7 Å². The average Bonchev–Trinajstić information content (AvgIpc) is 3.43. The van der Waals surface area contributed by atoms with Crippen LogP contribution < -0.4 is 10.6 Å². The number of likely N-dealkylation sites (N-methyl/N-ethyl adjacent to an activating group) is 1. The first kappa shape index (κ1) is 25.1. The fraction of sp³-hybridized carbons (Fsp3) is 0.611. The first-order valence-electron chi connectivity index (χ1n) is 9.24. The van der Waals surface area contributed by atoms with Crippen LogP contribution in [-0.4, -0.2) is 69.8 Å². The molecule has 7 nitrogen and oxygen atoms in total. The van der Waals surface area contributed by atoms with E-state index >= 15 is 0 Å². The van der Waals surface area contributed by atoms with Crippen LogP contribution in [0.15, 0.2) is 29.2 Å². The van der Waals surface area contributed by atoms with Gasteiger partial charge in [0.25, 0.3) is 0 Å². The molecule has 1 aliphatic heterocycles. The Balaban J connectivity index is 0.00000196. The van der Waals surface area contributed by atoms with E-state index in [1.807, 2.05) is 7.05 Å². The molecule has 1 aromatic carbocycles. The molecule has 0 radical (unpaired) electrons. The molecular weight excluding hydrogens is 423 g/mol. The third-order valence-corrected chi connectivity index (χ3v) is 6.74. The quantitative estimate of drug-likeness (QED) is 0.658. The summed E-state index contributed by atoms with van der Waals surface area (Å²) in [6.07, 6.45) is 3.29. The van der Waals surface area contributed by atoms with Crippen molar-refractivity contribution in [2.24, 2.45) is 5.92 Å². The number of nitrogens with zero attached hydrogens (tertiary/aromatic N) is 2. The van der Waals surface area contributed by atoms with Crippen LogP contribution in [0, 0.1) is 5.92 Å². The molecule has 28 heavy (non-hydrogen) atoms. The highest BCUT2D eigenvalue weighted by molar-refractivity contribution is 7.89. The third kappa shape index (κ3) is 7.17. The Morgan fingerprint density at radius 1 is 1.14 bits per heavy atom. The van der Waals surface area contributed by atoms with E-state index in [2.05, 4.69) is 15.5 Å². The van der Waals surface area contributed by atoms with Crippen molar-refractivity contribution < 1.29 is 13.2 Å². The second-order valence-corrected chi connectivity index (χ2v) is 9.15. The van der Waals surface area contributed by atoms with Gasteiger partial charge < -0.3 is 15.5 Å². The second-order valence-electron chi connectivity index (χ2n) is 7.21.